The first kappa shape index (κ1) is 11.2. The minimum Gasteiger partial charge on any atom is -0.480 e. The SMILES string of the molecule is O=C(O)C1CCCN1C(=O)c1coc(Br)c1. The number of amides is 1. The molecule has 0 aromatic carbocycles. The third kappa shape index (κ3) is 1.97. The molecular formula is C10H10BrNO4. The first-order valence-electron chi connectivity index (χ1n) is 4.87. The summed E-state index contributed by atoms with van der Waals surface area (Å²) in [5.41, 5.74) is 0.375. The standard InChI is InChI=1S/C10H10BrNO4/c11-8-4-6(5-16-8)9(13)12-3-1-2-7(12)10(14)15/h4-5,7H,1-3H2,(H,14,15). The summed E-state index contributed by atoms with van der Waals surface area (Å²) in [7, 11) is 0. The minimum atomic E-state index is -0.951. The van der Waals surface area contributed by atoms with Crippen LogP contribution in [0.4, 0.5) is 0 Å². The molecule has 6 heteroatoms. The normalized spacial score (nSPS) is 20.1. The monoisotopic (exact) mass is 287 g/mol. The molecule has 0 saturated carbocycles. The van der Waals surface area contributed by atoms with Crippen molar-refractivity contribution in [3.05, 3.63) is 22.6 Å². The molecular weight excluding hydrogens is 278 g/mol. The maximum atomic E-state index is 12.0. The van der Waals surface area contributed by atoms with Crippen LogP contribution < -0.4 is 0 Å². The highest BCUT2D eigenvalue weighted by atomic mass is 79.9. The van der Waals surface area contributed by atoms with Gasteiger partial charge in [0.2, 0.25) is 0 Å². The van der Waals surface area contributed by atoms with Gasteiger partial charge in [-0.25, -0.2) is 4.79 Å². The summed E-state index contributed by atoms with van der Waals surface area (Å²) in [5.74, 6) is -1.24. The number of hydrogen-bond acceptors (Lipinski definition) is 3. The van der Waals surface area contributed by atoms with E-state index in [2.05, 4.69) is 15.9 Å². The second-order valence-electron chi connectivity index (χ2n) is 3.63. The predicted octanol–water partition coefficient (Wildman–Crippen LogP) is 1.73. The van der Waals surface area contributed by atoms with Crippen LogP contribution in [0.25, 0.3) is 0 Å². The molecule has 0 bridgehead atoms. The average molecular weight is 288 g/mol. The number of carboxylic acids is 1. The Balaban J connectivity index is 2.18. The summed E-state index contributed by atoms with van der Waals surface area (Å²) in [4.78, 5) is 24.3. The predicted molar refractivity (Wildman–Crippen MR) is 58.1 cm³/mol. The number of carbonyl (C=O) groups is 2. The molecule has 86 valence electrons. The minimum absolute atomic E-state index is 0.292. The zero-order valence-electron chi connectivity index (χ0n) is 8.35. The molecule has 5 nitrogen and oxygen atoms in total. The maximum absolute atomic E-state index is 12.0. The lowest BCUT2D eigenvalue weighted by atomic mass is 10.2. The topological polar surface area (TPSA) is 70.8 Å². The number of carboxylic acid groups (broad SMARTS) is 1. The highest BCUT2D eigenvalue weighted by Crippen LogP contribution is 2.22. The van der Waals surface area contributed by atoms with Crippen LogP contribution in [0, 0.1) is 0 Å². The van der Waals surface area contributed by atoms with E-state index in [1.54, 1.807) is 6.07 Å². The third-order valence-corrected chi connectivity index (χ3v) is 3.03. The van der Waals surface area contributed by atoms with Crippen LogP contribution in [0.5, 0.6) is 0 Å². The van der Waals surface area contributed by atoms with E-state index in [4.69, 9.17) is 9.52 Å². The van der Waals surface area contributed by atoms with E-state index in [0.29, 0.717) is 23.2 Å². The number of hydrogen-bond donors (Lipinski definition) is 1. The van der Waals surface area contributed by atoms with Crippen LogP contribution in [0.3, 0.4) is 0 Å². The number of carbonyl (C=O) groups excluding carboxylic acids is 1. The maximum Gasteiger partial charge on any atom is 0.326 e. The summed E-state index contributed by atoms with van der Waals surface area (Å²) >= 11 is 3.10. The van der Waals surface area contributed by atoms with E-state index in [0.717, 1.165) is 6.42 Å². The Labute approximate surface area is 100 Å². The molecule has 1 fully saturated rings. The lowest BCUT2D eigenvalue weighted by molar-refractivity contribution is -0.141. The second kappa shape index (κ2) is 4.29. The van der Waals surface area contributed by atoms with Crippen molar-refractivity contribution < 1.29 is 19.1 Å². The molecule has 1 amide bonds. The number of nitrogens with zero attached hydrogens (tertiary/aromatic N) is 1. The van der Waals surface area contributed by atoms with Crippen LogP contribution in [-0.4, -0.2) is 34.5 Å². The highest BCUT2D eigenvalue weighted by Gasteiger charge is 2.34. The zero-order valence-corrected chi connectivity index (χ0v) is 9.94. The zero-order chi connectivity index (χ0) is 11.7. The van der Waals surface area contributed by atoms with Crippen LogP contribution in [0.15, 0.2) is 21.4 Å². The lowest BCUT2D eigenvalue weighted by Crippen LogP contribution is -2.40. The molecule has 1 aromatic rings. The van der Waals surface area contributed by atoms with Gasteiger partial charge >= 0.3 is 5.97 Å². The van der Waals surface area contributed by atoms with Crippen molar-refractivity contribution in [2.75, 3.05) is 6.54 Å². The Hall–Kier alpha value is -1.30. The molecule has 0 spiro atoms. The Morgan fingerprint density at radius 2 is 2.31 bits per heavy atom. The molecule has 1 atom stereocenters. The van der Waals surface area contributed by atoms with Crippen molar-refractivity contribution in [2.45, 2.75) is 18.9 Å². The van der Waals surface area contributed by atoms with Gasteiger partial charge in [0.05, 0.1) is 5.56 Å². The summed E-state index contributed by atoms with van der Waals surface area (Å²) in [6, 6.07) is 0.834. The molecule has 1 saturated heterocycles. The van der Waals surface area contributed by atoms with Crippen LogP contribution in [0.2, 0.25) is 0 Å². The van der Waals surface area contributed by atoms with Crippen molar-refractivity contribution in [1.29, 1.82) is 0 Å². The smallest absolute Gasteiger partial charge is 0.326 e. The van der Waals surface area contributed by atoms with Crippen molar-refractivity contribution >= 4 is 27.8 Å². The van der Waals surface area contributed by atoms with E-state index in [-0.39, 0.29) is 5.91 Å². The molecule has 1 aliphatic rings. The van der Waals surface area contributed by atoms with Gasteiger partial charge in [-0.15, -0.1) is 0 Å². The molecule has 1 unspecified atom stereocenters. The van der Waals surface area contributed by atoms with Crippen LogP contribution in [-0.2, 0) is 4.79 Å². The Morgan fingerprint density at radius 3 is 2.88 bits per heavy atom. The molecule has 1 N–H and O–H groups in total. The average Bonchev–Trinajstić information content (AvgIpc) is 2.84. The fraction of sp³-hybridized carbons (Fsp3) is 0.400. The van der Waals surface area contributed by atoms with E-state index in [9.17, 15) is 9.59 Å². The van der Waals surface area contributed by atoms with Gasteiger partial charge in [0.15, 0.2) is 4.67 Å². The molecule has 0 radical (unpaired) electrons. The van der Waals surface area contributed by atoms with Gasteiger partial charge in [0, 0.05) is 12.6 Å². The molecule has 16 heavy (non-hydrogen) atoms. The summed E-state index contributed by atoms with van der Waals surface area (Å²) in [6.45, 7) is 0.485. The van der Waals surface area contributed by atoms with Crippen molar-refractivity contribution in [2.24, 2.45) is 0 Å². The van der Waals surface area contributed by atoms with Crippen LogP contribution in [0.1, 0.15) is 23.2 Å². The number of furan rings is 1. The molecule has 1 aliphatic heterocycles. The van der Waals surface area contributed by atoms with E-state index in [1.807, 2.05) is 0 Å². The quantitative estimate of drug-likeness (QED) is 0.899. The highest BCUT2D eigenvalue weighted by molar-refractivity contribution is 9.10. The van der Waals surface area contributed by atoms with E-state index < -0.39 is 12.0 Å². The van der Waals surface area contributed by atoms with Gasteiger partial charge < -0.3 is 14.4 Å². The van der Waals surface area contributed by atoms with Crippen molar-refractivity contribution in [3.63, 3.8) is 0 Å². The largest absolute Gasteiger partial charge is 0.480 e. The molecule has 0 aliphatic carbocycles. The van der Waals surface area contributed by atoms with Gasteiger partial charge in [-0.2, -0.15) is 0 Å². The molecule has 1 aromatic heterocycles. The third-order valence-electron chi connectivity index (χ3n) is 2.61. The summed E-state index contributed by atoms with van der Waals surface area (Å²) in [6.07, 6.45) is 2.56. The Kier molecular flexibility index (Phi) is 3.00. The Morgan fingerprint density at radius 1 is 1.56 bits per heavy atom. The number of rotatable bonds is 2. The number of aliphatic carboxylic acids is 1. The first-order chi connectivity index (χ1) is 7.59. The van der Waals surface area contributed by atoms with Crippen molar-refractivity contribution in [1.82, 2.24) is 4.90 Å². The fourth-order valence-corrected chi connectivity index (χ4v) is 2.19. The van der Waals surface area contributed by atoms with E-state index in [1.165, 1.54) is 11.2 Å². The fourth-order valence-electron chi connectivity index (χ4n) is 1.85. The first-order valence-corrected chi connectivity index (χ1v) is 5.66. The van der Waals surface area contributed by atoms with E-state index >= 15 is 0 Å². The van der Waals surface area contributed by atoms with Crippen LogP contribution >= 0.6 is 15.9 Å². The molecule has 2 heterocycles. The van der Waals surface area contributed by atoms with Crippen molar-refractivity contribution in [3.8, 4) is 0 Å². The van der Waals surface area contributed by atoms with Gasteiger partial charge in [-0.05, 0) is 28.8 Å². The lowest BCUT2D eigenvalue weighted by Gasteiger charge is -2.20. The van der Waals surface area contributed by atoms with Gasteiger partial charge in [0.25, 0.3) is 5.91 Å². The molecule has 2 rings (SSSR count). The second-order valence-corrected chi connectivity index (χ2v) is 4.42. The van der Waals surface area contributed by atoms with Gasteiger partial charge in [-0.3, -0.25) is 4.79 Å². The summed E-state index contributed by atoms with van der Waals surface area (Å²) in [5, 5.41) is 8.96. The number of likely N-dealkylation sites (tertiary alicyclic amines) is 1. The number of halogens is 1. The van der Waals surface area contributed by atoms with Gasteiger partial charge in [0.1, 0.15) is 12.3 Å². The van der Waals surface area contributed by atoms with Gasteiger partial charge in [-0.1, -0.05) is 0 Å². The summed E-state index contributed by atoms with van der Waals surface area (Å²) < 4.78 is 5.42. The Bertz CT molecular complexity index is 428.